The molecule has 0 heterocycles. The van der Waals surface area contributed by atoms with Gasteiger partial charge in [0.05, 0.1) is 13.7 Å². The predicted molar refractivity (Wildman–Crippen MR) is 76.5 cm³/mol. The second-order valence-corrected chi connectivity index (χ2v) is 5.53. The molecular weight excluding hydrogens is 297 g/mol. The molecular formula is C16H21F3O3. The summed E-state index contributed by atoms with van der Waals surface area (Å²) < 4.78 is 53.1. The van der Waals surface area contributed by atoms with Crippen LogP contribution in [0.4, 0.5) is 13.2 Å². The van der Waals surface area contributed by atoms with Gasteiger partial charge >= 0.3 is 6.18 Å². The summed E-state index contributed by atoms with van der Waals surface area (Å²) in [6.45, 7) is 1.07. The first-order chi connectivity index (χ1) is 10.4. The quantitative estimate of drug-likeness (QED) is 0.673. The molecule has 1 aliphatic carbocycles. The minimum atomic E-state index is -4.09. The van der Waals surface area contributed by atoms with E-state index in [1.807, 2.05) is 6.07 Å². The highest BCUT2D eigenvalue weighted by Crippen LogP contribution is 2.53. The van der Waals surface area contributed by atoms with E-state index in [9.17, 15) is 13.2 Å². The van der Waals surface area contributed by atoms with Crippen molar-refractivity contribution in [3.05, 3.63) is 23.8 Å². The molecule has 0 aromatic heterocycles. The van der Waals surface area contributed by atoms with E-state index >= 15 is 0 Å². The van der Waals surface area contributed by atoms with Crippen LogP contribution in [0, 0.1) is 5.92 Å². The van der Waals surface area contributed by atoms with Gasteiger partial charge in [-0.25, -0.2) is 0 Å². The fraction of sp³-hybridized carbons (Fsp3) is 0.625. The standard InChI is InChI=1S/C16H21F3O3/c1-20-6-3-7-22-15-9-11(4-5-14(15)21-2)13-8-12(13)10-16(17,18)19/h4-5,9,12-13H,3,6-8,10H2,1-2H3. The average molecular weight is 318 g/mol. The lowest BCUT2D eigenvalue weighted by atomic mass is 10.1. The molecule has 2 atom stereocenters. The van der Waals surface area contributed by atoms with Crippen LogP contribution in [0.5, 0.6) is 11.5 Å². The highest BCUT2D eigenvalue weighted by Gasteiger charge is 2.45. The molecule has 1 saturated carbocycles. The molecule has 0 saturated heterocycles. The van der Waals surface area contributed by atoms with Gasteiger partial charge in [0.2, 0.25) is 0 Å². The molecule has 0 spiro atoms. The highest BCUT2D eigenvalue weighted by atomic mass is 19.4. The topological polar surface area (TPSA) is 27.7 Å². The van der Waals surface area contributed by atoms with Gasteiger partial charge < -0.3 is 14.2 Å². The second kappa shape index (κ2) is 7.22. The summed E-state index contributed by atoms with van der Waals surface area (Å²) in [5, 5.41) is 0. The predicted octanol–water partition coefficient (Wildman–Crippen LogP) is 4.17. The van der Waals surface area contributed by atoms with Crippen molar-refractivity contribution in [2.45, 2.75) is 31.4 Å². The summed E-state index contributed by atoms with van der Waals surface area (Å²) >= 11 is 0. The van der Waals surface area contributed by atoms with Crippen LogP contribution in [0.2, 0.25) is 0 Å². The molecule has 0 aliphatic heterocycles. The summed E-state index contributed by atoms with van der Waals surface area (Å²) in [6, 6.07) is 5.37. The Balaban J connectivity index is 1.98. The SMILES string of the molecule is COCCCOc1cc(C2CC2CC(F)(F)F)ccc1OC. The Morgan fingerprint density at radius 3 is 2.55 bits per heavy atom. The zero-order valence-electron chi connectivity index (χ0n) is 12.8. The summed E-state index contributed by atoms with van der Waals surface area (Å²) in [4.78, 5) is 0. The Labute approximate surface area is 128 Å². The normalized spacial score (nSPS) is 20.8. The summed E-state index contributed by atoms with van der Waals surface area (Å²) in [5.74, 6) is 0.826. The Bertz CT molecular complexity index is 488. The number of ether oxygens (including phenoxy) is 3. The maximum absolute atomic E-state index is 12.4. The highest BCUT2D eigenvalue weighted by molar-refractivity contribution is 5.45. The van der Waals surface area contributed by atoms with Crippen LogP contribution in [0.25, 0.3) is 0 Å². The number of rotatable bonds is 8. The average Bonchev–Trinajstić information content (AvgIpc) is 3.20. The van der Waals surface area contributed by atoms with E-state index < -0.39 is 12.6 Å². The van der Waals surface area contributed by atoms with Crippen LogP contribution in [-0.2, 0) is 4.74 Å². The molecule has 1 aliphatic rings. The summed E-state index contributed by atoms with van der Waals surface area (Å²) in [5.41, 5.74) is 0.886. The lowest BCUT2D eigenvalue weighted by Gasteiger charge is -2.12. The number of alkyl halides is 3. The molecule has 2 unspecified atom stereocenters. The molecule has 6 heteroatoms. The second-order valence-electron chi connectivity index (χ2n) is 5.53. The van der Waals surface area contributed by atoms with Crippen LogP contribution in [0.15, 0.2) is 18.2 Å². The third-order valence-electron chi connectivity index (χ3n) is 3.78. The number of methoxy groups -OCH3 is 2. The van der Waals surface area contributed by atoms with Gasteiger partial charge in [0.25, 0.3) is 0 Å². The van der Waals surface area contributed by atoms with Gasteiger partial charge in [-0.05, 0) is 36.0 Å². The van der Waals surface area contributed by atoms with E-state index in [1.165, 1.54) is 0 Å². The molecule has 3 nitrogen and oxygen atoms in total. The van der Waals surface area contributed by atoms with Crippen LogP contribution in [-0.4, -0.2) is 33.6 Å². The molecule has 1 aromatic carbocycles. The fourth-order valence-corrected chi connectivity index (χ4v) is 2.60. The Hall–Kier alpha value is -1.43. The molecule has 1 fully saturated rings. The van der Waals surface area contributed by atoms with Crippen LogP contribution >= 0.6 is 0 Å². The number of benzene rings is 1. The van der Waals surface area contributed by atoms with Crippen LogP contribution in [0.1, 0.15) is 30.7 Å². The number of hydrogen-bond acceptors (Lipinski definition) is 3. The maximum atomic E-state index is 12.4. The Kier molecular flexibility index (Phi) is 5.56. The molecule has 1 aromatic rings. The largest absolute Gasteiger partial charge is 0.493 e. The van der Waals surface area contributed by atoms with E-state index in [4.69, 9.17) is 14.2 Å². The van der Waals surface area contributed by atoms with E-state index in [2.05, 4.69) is 0 Å². The first-order valence-electron chi connectivity index (χ1n) is 7.31. The maximum Gasteiger partial charge on any atom is 0.389 e. The smallest absolute Gasteiger partial charge is 0.389 e. The van der Waals surface area contributed by atoms with Gasteiger partial charge in [-0.3, -0.25) is 0 Å². The number of halogens is 3. The van der Waals surface area contributed by atoms with Gasteiger partial charge in [-0.2, -0.15) is 13.2 Å². The zero-order chi connectivity index (χ0) is 16.2. The van der Waals surface area contributed by atoms with Gasteiger partial charge in [0.1, 0.15) is 0 Å². The van der Waals surface area contributed by atoms with Crippen molar-refractivity contribution in [2.75, 3.05) is 27.4 Å². The molecule has 22 heavy (non-hydrogen) atoms. The van der Waals surface area contributed by atoms with Gasteiger partial charge in [-0.15, -0.1) is 0 Å². The van der Waals surface area contributed by atoms with Crippen molar-refractivity contribution < 1.29 is 27.4 Å². The van der Waals surface area contributed by atoms with Crippen molar-refractivity contribution in [3.8, 4) is 11.5 Å². The van der Waals surface area contributed by atoms with Crippen LogP contribution in [0.3, 0.4) is 0 Å². The van der Waals surface area contributed by atoms with Gasteiger partial charge in [0, 0.05) is 26.6 Å². The van der Waals surface area contributed by atoms with E-state index in [0.717, 1.165) is 12.0 Å². The Morgan fingerprint density at radius 1 is 1.14 bits per heavy atom. The molecule has 0 N–H and O–H groups in total. The summed E-state index contributed by atoms with van der Waals surface area (Å²) in [6.07, 6.45) is -3.49. The van der Waals surface area contributed by atoms with Crippen LogP contribution < -0.4 is 9.47 Å². The van der Waals surface area contributed by atoms with Crippen molar-refractivity contribution >= 4 is 0 Å². The van der Waals surface area contributed by atoms with Crippen molar-refractivity contribution in [1.29, 1.82) is 0 Å². The molecule has 0 amide bonds. The van der Waals surface area contributed by atoms with E-state index in [-0.39, 0.29) is 11.8 Å². The van der Waals surface area contributed by atoms with Gasteiger partial charge in [0.15, 0.2) is 11.5 Å². The van der Waals surface area contributed by atoms with Crippen molar-refractivity contribution in [1.82, 2.24) is 0 Å². The first kappa shape index (κ1) is 16.9. The lowest BCUT2D eigenvalue weighted by molar-refractivity contribution is -0.138. The first-order valence-corrected chi connectivity index (χ1v) is 7.31. The minimum Gasteiger partial charge on any atom is -0.493 e. The van der Waals surface area contributed by atoms with Crippen molar-refractivity contribution in [3.63, 3.8) is 0 Å². The number of hydrogen-bond donors (Lipinski definition) is 0. The van der Waals surface area contributed by atoms with Crippen molar-refractivity contribution in [2.24, 2.45) is 5.92 Å². The third-order valence-corrected chi connectivity index (χ3v) is 3.78. The minimum absolute atomic E-state index is 0.0335. The molecule has 2 rings (SSSR count). The molecule has 124 valence electrons. The lowest BCUT2D eigenvalue weighted by Crippen LogP contribution is -2.08. The van der Waals surface area contributed by atoms with Gasteiger partial charge in [-0.1, -0.05) is 6.07 Å². The van der Waals surface area contributed by atoms with E-state index in [0.29, 0.717) is 31.1 Å². The third kappa shape index (κ3) is 4.80. The monoisotopic (exact) mass is 318 g/mol. The fourth-order valence-electron chi connectivity index (χ4n) is 2.60. The molecule has 0 radical (unpaired) electrons. The Morgan fingerprint density at radius 2 is 1.91 bits per heavy atom. The van der Waals surface area contributed by atoms with E-state index in [1.54, 1.807) is 26.4 Å². The zero-order valence-corrected chi connectivity index (χ0v) is 12.8. The summed E-state index contributed by atoms with van der Waals surface area (Å²) in [7, 11) is 3.16. The molecule has 0 bridgehead atoms.